The van der Waals surface area contributed by atoms with Crippen LogP contribution in [-0.2, 0) is 0 Å². The molecule has 1 saturated carbocycles. The minimum absolute atomic E-state index is 0.382. The number of thiocarbonyl (C=S) groups is 1. The van der Waals surface area contributed by atoms with E-state index in [2.05, 4.69) is 52.5 Å². The van der Waals surface area contributed by atoms with Gasteiger partial charge in [-0.15, -0.1) is 0 Å². The lowest BCUT2D eigenvalue weighted by Crippen LogP contribution is -2.20. The molecule has 1 fully saturated rings. The number of oxazole rings is 1. The van der Waals surface area contributed by atoms with Crippen LogP contribution in [0.4, 0.5) is 11.8 Å². The number of halogens is 2. The Labute approximate surface area is 144 Å². The van der Waals surface area contributed by atoms with Crippen LogP contribution in [0.1, 0.15) is 30.9 Å². The lowest BCUT2D eigenvalue weighted by atomic mass is 9.84. The maximum atomic E-state index is 5.66. The van der Waals surface area contributed by atoms with Gasteiger partial charge in [-0.3, -0.25) is 5.32 Å². The fourth-order valence-electron chi connectivity index (χ4n) is 1.97. The van der Waals surface area contributed by atoms with Crippen LogP contribution in [0.25, 0.3) is 0 Å². The first-order chi connectivity index (χ1) is 10.1. The van der Waals surface area contributed by atoms with Gasteiger partial charge >= 0.3 is 6.01 Å². The number of hydrogen-bond acceptors (Lipinski definition) is 4. The zero-order chi connectivity index (χ0) is 14.8. The lowest BCUT2D eigenvalue weighted by Gasteiger charge is -2.22. The second-order valence-electron chi connectivity index (χ2n) is 4.76. The molecule has 5 nitrogen and oxygen atoms in total. The van der Waals surface area contributed by atoms with Crippen molar-refractivity contribution in [2.75, 3.05) is 10.6 Å². The summed E-state index contributed by atoms with van der Waals surface area (Å²) in [4.78, 5) is 8.42. The smallest absolute Gasteiger partial charge is 0.301 e. The lowest BCUT2D eigenvalue weighted by molar-refractivity contribution is 0.351. The van der Waals surface area contributed by atoms with Gasteiger partial charge in [-0.25, -0.2) is 9.97 Å². The number of nitrogens with zero attached hydrogens (tertiary/aromatic N) is 2. The molecule has 2 heterocycles. The van der Waals surface area contributed by atoms with Crippen molar-refractivity contribution in [3.63, 3.8) is 0 Å². The number of aromatic nitrogens is 2. The minimum Gasteiger partial charge on any atom is -0.428 e. The van der Waals surface area contributed by atoms with Gasteiger partial charge in [-0.1, -0.05) is 6.42 Å². The van der Waals surface area contributed by atoms with Crippen molar-refractivity contribution >= 4 is 61.0 Å². The highest BCUT2D eigenvalue weighted by Crippen LogP contribution is 2.37. The van der Waals surface area contributed by atoms with Crippen LogP contribution in [0.2, 0.25) is 0 Å². The van der Waals surface area contributed by atoms with Crippen LogP contribution >= 0.6 is 44.1 Å². The van der Waals surface area contributed by atoms with Gasteiger partial charge in [0.05, 0.1) is 10.7 Å². The zero-order valence-electron chi connectivity index (χ0n) is 10.9. The number of anilines is 2. The summed E-state index contributed by atoms with van der Waals surface area (Å²) in [5.41, 5.74) is 0. The maximum Gasteiger partial charge on any atom is 0.301 e. The van der Waals surface area contributed by atoms with Gasteiger partial charge in [-0.05, 0) is 63.0 Å². The summed E-state index contributed by atoms with van der Waals surface area (Å²) >= 11 is 12.0. The minimum atomic E-state index is 0.382. The van der Waals surface area contributed by atoms with Crippen molar-refractivity contribution in [3.05, 3.63) is 33.2 Å². The van der Waals surface area contributed by atoms with Gasteiger partial charge in [0.25, 0.3) is 0 Å². The van der Waals surface area contributed by atoms with Crippen molar-refractivity contribution in [3.8, 4) is 0 Å². The summed E-state index contributed by atoms with van der Waals surface area (Å²) in [6, 6.07) is 2.29. The standard InChI is InChI=1S/C13H12Br2N4OS/c14-8-4-9(15)11(16-5-8)18-13(21)19-12-17-6-10(20-12)7-2-1-3-7/h4-7H,1-3H2,(H2,16,17,18,19,21). The number of pyridine rings is 1. The largest absolute Gasteiger partial charge is 0.428 e. The third-order valence-electron chi connectivity index (χ3n) is 3.29. The average Bonchev–Trinajstić information content (AvgIpc) is 2.78. The fraction of sp³-hybridized carbons (Fsp3) is 0.308. The molecule has 2 N–H and O–H groups in total. The monoisotopic (exact) mass is 430 g/mol. The molecule has 2 aromatic rings. The molecule has 21 heavy (non-hydrogen) atoms. The average molecular weight is 432 g/mol. The van der Waals surface area contributed by atoms with Crippen LogP contribution < -0.4 is 10.6 Å². The number of rotatable bonds is 3. The number of nitrogens with one attached hydrogen (secondary N) is 2. The second-order valence-corrected chi connectivity index (χ2v) is 6.94. The third-order valence-corrected chi connectivity index (χ3v) is 4.53. The van der Waals surface area contributed by atoms with Crippen LogP contribution in [0.5, 0.6) is 0 Å². The molecule has 0 aromatic carbocycles. The molecule has 0 unspecified atom stereocenters. The summed E-state index contributed by atoms with van der Waals surface area (Å²) in [6.45, 7) is 0. The van der Waals surface area contributed by atoms with Crippen LogP contribution in [0.3, 0.4) is 0 Å². The third kappa shape index (κ3) is 3.61. The maximum absolute atomic E-state index is 5.66. The van der Waals surface area contributed by atoms with E-state index >= 15 is 0 Å². The normalized spacial score (nSPS) is 14.6. The van der Waals surface area contributed by atoms with E-state index in [1.165, 1.54) is 19.3 Å². The molecular weight excluding hydrogens is 420 g/mol. The predicted octanol–water partition coefficient (Wildman–Crippen LogP) is 4.67. The predicted molar refractivity (Wildman–Crippen MR) is 92.6 cm³/mol. The molecule has 0 aliphatic heterocycles. The molecule has 8 heteroatoms. The first kappa shape index (κ1) is 14.9. The Hall–Kier alpha value is -0.990. The van der Waals surface area contributed by atoms with Gasteiger partial charge < -0.3 is 9.73 Å². The first-order valence-electron chi connectivity index (χ1n) is 6.46. The van der Waals surface area contributed by atoms with E-state index < -0.39 is 0 Å². The summed E-state index contributed by atoms with van der Waals surface area (Å²) < 4.78 is 7.35. The van der Waals surface area contributed by atoms with Gasteiger partial charge in [-0.2, -0.15) is 0 Å². The van der Waals surface area contributed by atoms with E-state index in [0.717, 1.165) is 14.7 Å². The molecular formula is C13H12Br2N4OS. The van der Waals surface area contributed by atoms with E-state index in [4.69, 9.17) is 16.6 Å². The topological polar surface area (TPSA) is 63.0 Å². The van der Waals surface area contributed by atoms with Crippen LogP contribution in [0.15, 0.2) is 31.8 Å². The van der Waals surface area contributed by atoms with Gasteiger partial charge in [0.15, 0.2) is 5.11 Å². The molecule has 0 amide bonds. The molecule has 1 aliphatic rings. The summed E-state index contributed by atoms with van der Waals surface area (Å²) in [5.74, 6) is 2.06. The highest BCUT2D eigenvalue weighted by atomic mass is 79.9. The van der Waals surface area contributed by atoms with Crippen molar-refractivity contribution in [1.29, 1.82) is 0 Å². The highest BCUT2D eigenvalue weighted by Gasteiger charge is 2.23. The summed E-state index contributed by atoms with van der Waals surface area (Å²) in [7, 11) is 0. The van der Waals surface area contributed by atoms with Crippen molar-refractivity contribution < 1.29 is 4.42 Å². The quantitative estimate of drug-likeness (QED) is 0.688. The van der Waals surface area contributed by atoms with Gasteiger partial charge in [0.1, 0.15) is 11.6 Å². The number of hydrogen-bond donors (Lipinski definition) is 2. The molecule has 0 saturated heterocycles. The van der Waals surface area contributed by atoms with Crippen LogP contribution in [0, 0.1) is 0 Å². The van der Waals surface area contributed by atoms with E-state index in [0.29, 0.717) is 22.9 Å². The zero-order valence-corrected chi connectivity index (χ0v) is 14.9. The van der Waals surface area contributed by atoms with Gasteiger partial charge in [0, 0.05) is 16.6 Å². The summed E-state index contributed by atoms with van der Waals surface area (Å²) in [6.07, 6.45) is 7.07. The summed E-state index contributed by atoms with van der Waals surface area (Å²) in [5, 5.41) is 6.30. The Morgan fingerprint density at radius 1 is 1.24 bits per heavy atom. The molecule has 2 aromatic heterocycles. The molecule has 0 spiro atoms. The molecule has 0 radical (unpaired) electrons. The van der Waals surface area contributed by atoms with E-state index in [9.17, 15) is 0 Å². The van der Waals surface area contributed by atoms with E-state index in [1.54, 1.807) is 12.4 Å². The van der Waals surface area contributed by atoms with Gasteiger partial charge in [0.2, 0.25) is 0 Å². The highest BCUT2D eigenvalue weighted by molar-refractivity contribution is 9.11. The van der Waals surface area contributed by atoms with E-state index in [1.807, 2.05) is 6.07 Å². The Bertz CT molecular complexity index is 672. The molecule has 0 atom stereocenters. The Balaban J connectivity index is 1.62. The Kier molecular flexibility index (Phi) is 4.56. The Morgan fingerprint density at radius 3 is 2.71 bits per heavy atom. The second kappa shape index (κ2) is 6.41. The first-order valence-corrected chi connectivity index (χ1v) is 8.46. The molecule has 3 rings (SSSR count). The Morgan fingerprint density at radius 2 is 2.05 bits per heavy atom. The molecule has 1 aliphatic carbocycles. The van der Waals surface area contributed by atoms with Crippen molar-refractivity contribution in [1.82, 2.24) is 9.97 Å². The molecule has 110 valence electrons. The molecule has 0 bridgehead atoms. The van der Waals surface area contributed by atoms with Crippen molar-refractivity contribution in [2.45, 2.75) is 25.2 Å². The van der Waals surface area contributed by atoms with Crippen LogP contribution in [-0.4, -0.2) is 15.1 Å². The van der Waals surface area contributed by atoms with E-state index in [-0.39, 0.29) is 0 Å². The SMILES string of the molecule is S=C(Nc1ncc(C2CCC2)o1)Nc1ncc(Br)cc1Br. The fourth-order valence-corrected chi connectivity index (χ4v) is 3.24. The van der Waals surface area contributed by atoms with Crippen molar-refractivity contribution in [2.24, 2.45) is 0 Å².